The van der Waals surface area contributed by atoms with E-state index in [0.29, 0.717) is 11.6 Å². The fourth-order valence-electron chi connectivity index (χ4n) is 2.01. The molecule has 2 aromatic carbocycles. The summed E-state index contributed by atoms with van der Waals surface area (Å²) in [6.45, 7) is 4.57. The van der Waals surface area contributed by atoms with Crippen molar-refractivity contribution in [2.24, 2.45) is 5.10 Å². The second kappa shape index (κ2) is 8.93. The molecule has 0 spiro atoms. The zero-order chi connectivity index (χ0) is 17.4. The van der Waals surface area contributed by atoms with Gasteiger partial charge in [-0.05, 0) is 61.4 Å². The maximum absolute atomic E-state index is 11.8. The molecule has 0 aliphatic rings. The molecule has 0 atom stereocenters. The van der Waals surface area contributed by atoms with Crippen LogP contribution in [-0.2, 0) is 4.79 Å². The molecule has 0 saturated carbocycles. The molecule has 0 aliphatic carbocycles. The Balaban J connectivity index is 1.81. The van der Waals surface area contributed by atoms with Crippen LogP contribution < -0.4 is 15.5 Å². The number of hydrogen-bond donors (Lipinski definition) is 2. The van der Waals surface area contributed by atoms with Gasteiger partial charge in [0.25, 0.3) is 5.91 Å². The maximum Gasteiger partial charge on any atom is 0.259 e. The third-order valence-electron chi connectivity index (χ3n) is 3.30. The van der Waals surface area contributed by atoms with E-state index < -0.39 is 0 Å². The van der Waals surface area contributed by atoms with E-state index >= 15 is 0 Å². The van der Waals surface area contributed by atoms with Gasteiger partial charge < -0.3 is 10.1 Å². The van der Waals surface area contributed by atoms with Gasteiger partial charge in [0.1, 0.15) is 5.75 Å². The smallest absolute Gasteiger partial charge is 0.259 e. The first-order valence-corrected chi connectivity index (χ1v) is 8.01. The average Bonchev–Trinajstić information content (AvgIpc) is 2.58. The molecule has 2 rings (SSSR count). The van der Waals surface area contributed by atoms with E-state index in [-0.39, 0.29) is 12.5 Å². The summed E-state index contributed by atoms with van der Waals surface area (Å²) in [5.74, 6) is 0.566. The Morgan fingerprint density at radius 1 is 1.25 bits per heavy atom. The average molecular weight is 346 g/mol. The third-order valence-corrected chi connectivity index (χ3v) is 3.71. The highest BCUT2D eigenvalue weighted by molar-refractivity contribution is 6.31. The Hall–Kier alpha value is -2.53. The van der Waals surface area contributed by atoms with Gasteiger partial charge in [0.15, 0.2) is 0 Å². The number of halogens is 1. The topological polar surface area (TPSA) is 62.7 Å². The van der Waals surface area contributed by atoms with E-state index in [0.717, 1.165) is 22.6 Å². The van der Waals surface area contributed by atoms with Crippen LogP contribution in [-0.4, -0.2) is 25.3 Å². The van der Waals surface area contributed by atoms with Crippen LogP contribution in [0.25, 0.3) is 0 Å². The van der Waals surface area contributed by atoms with Crippen LogP contribution in [0.3, 0.4) is 0 Å². The molecule has 126 valence electrons. The first-order chi connectivity index (χ1) is 11.6. The summed E-state index contributed by atoms with van der Waals surface area (Å²) in [7, 11) is 0. The molecule has 2 N–H and O–H groups in total. The van der Waals surface area contributed by atoms with Crippen molar-refractivity contribution in [3.63, 3.8) is 0 Å². The molecule has 6 heteroatoms. The fourth-order valence-corrected chi connectivity index (χ4v) is 2.18. The molecule has 1 amide bonds. The molecule has 0 aliphatic heterocycles. The van der Waals surface area contributed by atoms with Gasteiger partial charge in [-0.3, -0.25) is 4.79 Å². The lowest BCUT2D eigenvalue weighted by molar-refractivity contribution is -0.119. The van der Waals surface area contributed by atoms with Gasteiger partial charge in [0.05, 0.1) is 19.4 Å². The second-order valence-electron chi connectivity index (χ2n) is 5.06. The number of amides is 1. The summed E-state index contributed by atoms with van der Waals surface area (Å²) >= 11 is 6.04. The standard InChI is InChI=1S/C18H20ClN3O2/c1-3-24-15-9-7-14(8-10-15)11-21-22-18(23)12-20-17-6-4-5-16(19)13(17)2/h4-11,20H,3,12H2,1-2H3,(H,22,23). The Kier molecular flexibility index (Phi) is 6.63. The first kappa shape index (κ1) is 17.8. The van der Waals surface area contributed by atoms with Crippen LogP contribution in [0.4, 0.5) is 5.69 Å². The van der Waals surface area contributed by atoms with Crippen molar-refractivity contribution in [1.29, 1.82) is 0 Å². The third kappa shape index (κ3) is 5.28. The Labute approximate surface area is 146 Å². The lowest BCUT2D eigenvalue weighted by Gasteiger charge is -2.09. The zero-order valence-electron chi connectivity index (χ0n) is 13.7. The highest BCUT2D eigenvalue weighted by Crippen LogP contribution is 2.22. The Bertz CT molecular complexity index is 715. The molecular formula is C18H20ClN3O2. The van der Waals surface area contributed by atoms with Crippen LogP contribution in [0.15, 0.2) is 47.6 Å². The molecule has 0 unspecified atom stereocenters. The molecule has 5 nitrogen and oxygen atoms in total. The van der Waals surface area contributed by atoms with Crippen molar-refractivity contribution in [1.82, 2.24) is 5.43 Å². The minimum atomic E-state index is -0.239. The van der Waals surface area contributed by atoms with E-state index in [9.17, 15) is 4.79 Å². The SMILES string of the molecule is CCOc1ccc(C=NNC(=O)CNc2cccc(Cl)c2C)cc1. The predicted octanol–water partition coefficient (Wildman–Crippen LogP) is 3.61. The van der Waals surface area contributed by atoms with Crippen molar-refractivity contribution in [2.75, 3.05) is 18.5 Å². The Morgan fingerprint density at radius 3 is 2.71 bits per heavy atom. The summed E-state index contributed by atoms with van der Waals surface area (Å²) in [4.78, 5) is 11.8. The minimum Gasteiger partial charge on any atom is -0.494 e. The number of nitrogens with zero attached hydrogens (tertiary/aromatic N) is 1. The van der Waals surface area contributed by atoms with Gasteiger partial charge in [-0.25, -0.2) is 5.43 Å². The summed E-state index contributed by atoms with van der Waals surface area (Å²) < 4.78 is 5.36. The molecule has 0 bridgehead atoms. The summed E-state index contributed by atoms with van der Waals surface area (Å²) in [6.07, 6.45) is 1.58. The maximum atomic E-state index is 11.8. The van der Waals surface area contributed by atoms with Gasteiger partial charge in [0.2, 0.25) is 0 Å². The van der Waals surface area contributed by atoms with Crippen molar-refractivity contribution in [3.05, 3.63) is 58.6 Å². The van der Waals surface area contributed by atoms with E-state index in [1.807, 2.05) is 56.3 Å². The molecule has 0 heterocycles. The number of carbonyl (C=O) groups excluding carboxylic acids is 1. The van der Waals surface area contributed by atoms with Crippen molar-refractivity contribution < 1.29 is 9.53 Å². The molecular weight excluding hydrogens is 326 g/mol. The minimum absolute atomic E-state index is 0.113. The summed E-state index contributed by atoms with van der Waals surface area (Å²) in [5, 5.41) is 7.64. The highest BCUT2D eigenvalue weighted by Gasteiger charge is 2.04. The van der Waals surface area contributed by atoms with E-state index in [1.54, 1.807) is 6.21 Å². The number of ether oxygens (including phenoxy) is 1. The van der Waals surface area contributed by atoms with Crippen LogP contribution in [0.1, 0.15) is 18.1 Å². The van der Waals surface area contributed by atoms with E-state index in [1.165, 1.54) is 0 Å². The van der Waals surface area contributed by atoms with Crippen LogP contribution in [0.5, 0.6) is 5.75 Å². The zero-order valence-corrected chi connectivity index (χ0v) is 14.4. The summed E-state index contributed by atoms with van der Waals surface area (Å²) in [6, 6.07) is 13.0. The molecule has 0 saturated heterocycles. The number of rotatable bonds is 7. The summed E-state index contributed by atoms with van der Waals surface area (Å²) in [5.41, 5.74) is 5.09. The lowest BCUT2D eigenvalue weighted by atomic mass is 10.2. The van der Waals surface area contributed by atoms with Crippen molar-refractivity contribution in [2.45, 2.75) is 13.8 Å². The molecule has 0 aromatic heterocycles. The Morgan fingerprint density at radius 2 is 2.00 bits per heavy atom. The van der Waals surface area contributed by atoms with Gasteiger partial charge in [0, 0.05) is 10.7 Å². The second-order valence-corrected chi connectivity index (χ2v) is 5.47. The van der Waals surface area contributed by atoms with Crippen LogP contribution >= 0.6 is 11.6 Å². The van der Waals surface area contributed by atoms with Gasteiger partial charge in [-0.2, -0.15) is 5.10 Å². The number of hydrazone groups is 1. The molecule has 0 fully saturated rings. The van der Waals surface area contributed by atoms with Crippen molar-refractivity contribution in [3.8, 4) is 5.75 Å². The largest absolute Gasteiger partial charge is 0.494 e. The molecule has 0 radical (unpaired) electrons. The fraction of sp³-hybridized carbons (Fsp3) is 0.222. The van der Waals surface area contributed by atoms with E-state index in [2.05, 4.69) is 15.8 Å². The van der Waals surface area contributed by atoms with Crippen LogP contribution in [0.2, 0.25) is 5.02 Å². The highest BCUT2D eigenvalue weighted by atomic mass is 35.5. The number of benzene rings is 2. The van der Waals surface area contributed by atoms with Crippen molar-refractivity contribution >= 4 is 29.4 Å². The molecule has 24 heavy (non-hydrogen) atoms. The van der Waals surface area contributed by atoms with Gasteiger partial charge >= 0.3 is 0 Å². The number of hydrogen-bond acceptors (Lipinski definition) is 4. The van der Waals surface area contributed by atoms with Gasteiger partial charge in [-0.15, -0.1) is 0 Å². The molecule has 2 aromatic rings. The van der Waals surface area contributed by atoms with E-state index in [4.69, 9.17) is 16.3 Å². The predicted molar refractivity (Wildman–Crippen MR) is 98.0 cm³/mol. The monoisotopic (exact) mass is 345 g/mol. The van der Waals surface area contributed by atoms with Gasteiger partial charge in [-0.1, -0.05) is 17.7 Å². The quantitative estimate of drug-likeness (QED) is 0.595. The first-order valence-electron chi connectivity index (χ1n) is 7.64. The lowest BCUT2D eigenvalue weighted by Crippen LogP contribution is -2.26. The normalized spacial score (nSPS) is 10.6. The number of nitrogens with one attached hydrogen (secondary N) is 2. The number of carbonyl (C=O) groups is 1. The number of anilines is 1. The van der Waals surface area contributed by atoms with Crippen LogP contribution in [0, 0.1) is 6.92 Å².